The molecule has 0 bridgehead atoms. The lowest BCUT2D eigenvalue weighted by molar-refractivity contribution is -0.150. The van der Waals surface area contributed by atoms with Gasteiger partial charge in [-0.3, -0.25) is 38.6 Å². The molecule has 2 amide bonds. The molecule has 0 spiro atoms. The van der Waals surface area contributed by atoms with Gasteiger partial charge in [0.15, 0.2) is 0 Å². The summed E-state index contributed by atoms with van der Waals surface area (Å²) in [4.78, 5) is 74.1. The van der Waals surface area contributed by atoms with E-state index in [0.29, 0.717) is 0 Å². The molecule has 0 aromatic rings. The molecule has 0 rings (SSSR count). The largest absolute Gasteiger partial charge is 0.480 e. The predicted octanol–water partition coefficient (Wildman–Crippen LogP) is -1.91. The first-order valence-electron chi connectivity index (χ1n) is 10.3. The highest BCUT2D eigenvalue weighted by Gasteiger charge is 2.22. The summed E-state index contributed by atoms with van der Waals surface area (Å²) in [6.45, 7) is 3.88. The second-order valence-electron chi connectivity index (χ2n) is 7.27. The van der Waals surface area contributed by atoms with E-state index >= 15 is 0 Å². The Bertz CT molecular complexity index is 737. The highest BCUT2D eigenvalue weighted by molar-refractivity contribution is 5.87. The third-order valence-electron chi connectivity index (χ3n) is 4.30. The fourth-order valence-corrected chi connectivity index (χ4v) is 2.56. The van der Waals surface area contributed by atoms with E-state index in [1.165, 1.54) is 23.9 Å². The molecule has 35 heavy (non-hydrogen) atoms. The summed E-state index contributed by atoms with van der Waals surface area (Å²) in [6.07, 6.45) is 2.19. The van der Waals surface area contributed by atoms with Crippen LogP contribution in [0.3, 0.4) is 0 Å². The quantitative estimate of drug-likeness (QED) is 0.122. The Balaban J connectivity index is 4.93. The van der Waals surface area contributed by atoms with E-state index in [0.717, 1.165) is 22.0 Å². The fraction of sp³-hybridized carbons (Fsp3) is 0.524. The van der Waals surface area contributed by atoms with Gasteiger partial charge in [-0.15, -0.1) is 0 Å². The van der Waals surface area contributed by atoms with Gasteiger partial charge in [-0.1, -0.05) is 13.2 Å². The number of aliphatic carboxylic acids is 2. The zero-order chi connectivity index (χ0) is 27.0. The number of hydrogen-bond donors (Lipinski definition) is 2. The molecular weight excluding hydrogens is 468 g/mol. The number of nitrogens with zero attached hydrogens (tertiary/aromatic N) is 4. The van der Waals surface area contributed by atoms with Crippen molar-refractivity contribution in [3.63, 3.8) is 0 Å². The van der Waals surface area contributed by atoms with Crippen LogP contribution in [0.2, 0.25) is 0 Å². The molecule has 0 atom stereocenters. The number of carbonyl (C=O) groups excluding carboxylic acids is 4. The van der Waals surface area contributed by atoms with Gasteiger partial charge in [-0.05, 0) is 12.2 Å². The number of hydrogen-bond acceptors (Lipinski definition) is 10. The first-order valence-corrected chi connectivity index (χ1v) is 10.3. The van der Waals surface area contributed by atoms with Crippen LogP contribution in [0.4, 0.5) is 0 Å². The van der Waals surface area contributed by atoms with Gasteiger partial charge in [0.05, 0.1) is 45.9 Å². The molecule has 0 aliphatic heterocycles. The third-order valence-corrected chi connectivity index (χ3v) is 4.30. The maximum atomic E-state index is 12.1. The lowest BCUT2D eigenvalue weighted by Crippen LogP contribution is -2.47. The van der Waals surface area contributed by atoms with Gasteiger partial charge in [-0.2, -0.15) is 0 Å². The van der Waals surface area contributed by atoms with Gasteiger partial charge >= 0.3 is 23.9 Å². The van der Waals surface area contributed by atoms with Crippen molar-refractivity contribution in [2.45, 2.75) is 0 Å². The third kappa shape index (κ3) is 14.9. The van der Waals surface area contributed by atoms with Crippen molar-refractivity contribution < 1.29 is 48.5 Å². The van der Waals surface area contributed by atoms with Crippen LogP contribution in [0.1, 0.15) is 0 Å². The van der Waals surface area contributed by atoms with Gasteiger partial charge in [0.25, 0.3) is 0 Å². The molecule has 14 nitrogen and oxygen atoms in total. The van der Waals surface area contributed by atoms with Crippen LogP contribution in [-0.2, 0) is 38.2 Å². The molecule has 0 aliphatic carbocycles. The first-order chi connectivity index (χ1) is 16.4. The number of carboxylic acid groups (broad SMARTS) is 2. The molecule has 0 saturated heterocycles. The Morgan fingerprint density at radius 1 is 0.686 bits per heavy atom. The van der Waals surface area contributed by atoms with Gasteiger partial charge in [0.1, 0.15) is 13.2 Å². The number of carbonyl (C=O) groups is 6. The summed E-state index contributed by atoms with van der Waals surface area (Å²) >= 11 is 0. The maximum Gasteiger partial charge on any atom is 0.320 e. The highest BCUT2D eigenvalue weighted by atomic mass is 16.5. The summed E-state index contributed by atoms with van der Waals surface area (Å²) in [5.74, 6) is -4.94. The molecule has 0 fully saturated rings. The maximum absolute atomic E-state index is 12.1. The molecular formula is C21H32N4O10. The van der Waals surface area contributed by atoms with Crippen molar-refractivity contribution in [3.05, 3.63) is 25.3 Å². The molecule has 0 saturated carbocycles. The van der Waals surface area contributed by atoms with Crippen LogP contribution >= 0.6 is 0 Å². The number of likely N-dealkylation sites (N-methyl/N-ethyl adjacent to an activating group) is 2. The number of ether oxygens (including phenoxy) is 2. The minimum atomic E-state index is -1.29. The monoisotopic (exact) mass is 500 g/mol. The van der Waals surface area contributed by atoms with Crippen molar-refractivity contribution in [1.82, 2.24) is 19.6 Å². The predicted molar refractivity (Wildman–Crippen MR) is 121 cm³/mol. The van der Waals surface area contributed by atoms with Gasteiger partial charge < -0.3 is 29.5 Å². The zero-order valence-electron chi connectivity index (χ0n) is 19.9. The molecule has 0 aliphatic rings. The van der Waals surface area contributed by atoms with Crippen molar-refractivity contribution in [1.29, 1.82) is 0 Å². The lowest BCUT2D eigenvalue weighted by Gasteiger charge is -2.27. The Morgan fingerprint density at radius 2 is 1.03 bits per heavy atom. The van der Waals surface area contributed by atoms with Crippen LogP contribution in [0.25, 0.3) is 0 Å². The number of carboxylic acids is 2. The standard InChI is InChI=1S/C21H32N4O10/c1-5-16(26)22(3)7-9-34-20(32)13-24(11-18(28)29)15-25(12-19(30)31)14-21(33)35-10-8-23(4)17(27)6-2/h5-6H,1-2,7-15H2,3-4H3,(H,28,29)(H,30,31). The molecule has 0 aromatic heterocycles. The smallest absolute Gasteiger partial charge is 0.320 e. The van der Waals surface area contributed by atoms with Crippen molar-refractivity contribution in [2.24, 2.45) is 0 Å². The average molecular weight is 501 g/mol. The van der Waals surface area contributed by atoms with Crippen LogP contribution in [0.15, 0.2) is 25.3 Å². The second-order valence-corrected chi connectivity index (χ2v) is 7.27. The summed E-state index contributed by atoms with van der Waals surface area (Å²) in [6, 6.07) is 0. The normalized spacial score (nSPS) is 10.4. The number of esters is 2. The van der Waals surface area contributed by atoms with Crippen LogP contribution in [0, 0.1) is 0 Å². The number of amides is 2. The minimum Gasteiger partial charge on any atom is -0.480 e. The Kier molecular flexibility index (Phi) is 15.0. The van der Waals surface area contributed by atoms with Gasteiger partial charge in [0.2, 0.25) is 11.8 Å². The van der Waals surface area contributed by atoms with E-state index in [4.69, 9.17) is 19.7 Å². The summed E-state index contributed by atoms with van der Waals surface area (Å²) in [5.41, 5.74) is 0. The minimum absolute atomic E-state index is 0.0834. The van der Waals surface area contributed by atoms with Crippen LogP contribution in [0.5, 0.6) is 0 Å². The van der Waals surface area contributed by atoms with E-state index in [-0.39, 0.29) is 44.8 Å². The van der Waals surface area contributed by atoms with Crippen LogP contribution in [-0.4, -0.2) is 139 Å². The second kappa shape index (κ2) is 16.8. The molecule has 0 radical (unpaired) electrons. The Hall–Kier alpha value is -3.78. The Morgan fingerprint density at radius 3 is 1.31 bits per heavy atom. The van der Waals surface area contributed by atoms with Gasteiger partial charge in [0, 0.05) is 14.1 Å². The van der Waals surface area contributed by atoms with E-state index in [2.05, 4.69) is 13.2 Å². The van der Waals surface area contributed by atoms with E-state index in [9.17, 15) is 28.8 Å². The highest BCUT2D eigenvalue weighted by Crippen LogP contribution is 1.99. The average Bonchev–Trinajstić information content (AvgIpc) is 2.76. The van der Waals surface area contributed by atoms with Crippen molar-refractivity contribution in [2.75, 3.05) is 73.2 Å². The van der Waals surface area contributed by atoms with Crippen molar-refractivity contribution in [3.8, 4) is 0 Å². The number of rotatable bonds is 18. The molecule has 0 heterocycles. The van der Waals surface area contributed by atoms with Gasteiger partial charge in [-0.25, -0.2) is 0 Å². The molecule has 196 valence electrons. The topological polar surface area (TPSA) is 174 Å². The zero-order valence-corrected chi connectivity index (χ0v) is 19.9. The fourth-order valence-electron chi connectivity index (χ4n) is 2.56. The summed E-state index contributed by atoms with van der Waals surface area (Å²) in [7, 11) is 2.96. The Labute approximate surface area is 202 Å². The molecule has 14 heteroatoms. The molecule has 0 aromatic carbocycles. The molecule has 2 N–H and O–H groups in total. The first kappa shape index (κ1) is 31.2. The van der Waals surface area contributed by atoms with Crippen LogP contribution < -0.4 is 0 Å². The van der Waals surface area contributed by atoms with E-state index in [1.807, 2.05) is 0 Å². The SMILES string of the molecule is C=CC(=O)N(C)CCOC(=O)CN(CC(=O)O)CN(CC(=O)O)CC(=O)OCCN(C)C(=O)C=C. The summed E-state index contributed by atoms with van der Waals surface area (Å²) in [5, 5.41) is 18.3. The van der Waals surface area contributed by atoms with Crippen molar-refractivity contribution >= 4 is 35.7 Å². The van der Waals surface area contributed by atoms with E-state index in [1.54, 1.807) is 0 Å². The molecule has 0 unspecified atom stereocenters. The van der Waals surface area contributed by atoms with E-state index < -0.39 is 50.1 Å². The lowest BCUT2D eigenvalue weighted by atomic mass is 10.4. The summed E-state index contributed by atoms with van der Waals surface area (Å²) < 4.78 is 10.00.